The third kappa shape index (κ3) is 4.97. The second-order valence-electron chi connectivity index (χ2n) is 6.88. The summed E-state index contributed by atoms with van der Waals surface area (Å²) in [6.45, 7) is 8.41. The number of rotatable bonds is 7. The van der Waals surface area contributed by atoms with Crippen LogP contribution in [0.3, 0.4) is 0 Å². The van der Waals surface area contributed by atoms with Crippen LogP contribution >= 0.6 is 0 Å². The van der Waals surface area contributed by atoms with Gasteiger partial charge < -0.3 is 15.1 Å². The van der Waals surface area contributed by atoms with Gasteiger partial charge in [0.1, 0.15) is 12.4 Å². The molecule has 0 fully saturated rings. The quantitative estimate of drug-likeness (QED) is 0.441. The Kier molecular flexibility index (Phi) is 5.90. The van der Waals surface area contributed by atoms with Gasteiger partial charge in [-0.2, -0.15) is 0 Å². The van der Waals surface area contributed by atoms with Crippen LogP contribution in [0.5, 0.6) is 0 Å². The molecule has 7 heteroatoms. The van der Waals surface area contributed by atoms with E-state index in [1.807, 2.05) is 25.1 Å². The topological polar surface area (TPSA) is 91.1 Å². The van der Waals surface area contributed by atoms with Crippen LogP contribution in [0, 0.1) is 0 Å². The summed E-state index contributed by atoms with van der Waals surface area (Å²) in [5, 5.41) is 13.8. The van der Waals surface area contributed by atoms with Crippen molar-refractivity contribution in [3.8, 4) is 11.6 Å². The molecule has 0 aliphatic rings. The zero-order valence-electron chi connectivity index (χ0n) is 16.0. The molecule has 2 aromatic heterocycles. The number of aliphatic imine (C=N–C) groups is 1. The van der Waals surface area contributed by atoms with E-state index in [1.54, 1.807) is 6.26 Å². The van der Waals surface area contributed by atoms with Crippen LogP contribution in [0.2, 0.25) is 0 Å². The second kappa shape index (κ2) is 8.53. The smallest absolute Gasteiger partial charge is 0.216 e. The molecule has 2 heterocycles. The standard InChI is InChI=1S/C20H26N6O/c1-4-21-19(23-14-20(2,3)15-9-6-5-7-10-15)22-13-17-24-18(26-25-17)16-11-8-12-27-16/h5-12H,4,13-14H2,1-3H3,(H2,21,22,23)(H,24,25,26). The number of nitrogens with one attached hydrogen (secondary N) is 3. The molecule has 27 heavy (non-hydrogen) atoms. The molecule has 0 unspecified atom stereocenters. The van der Waals surface area contributed by atoms with Crippen molar-refractivity contribution >= 4 is 5.96 Å². The lowest BCUT2D eigenvalue weighted by Crippen LogP contribution is -2.43. The predicted octanol–water partition coefficient (Wildman–Crippen LogP) is 3.10. The van der Waals surface area contributed by atoms with E-state index >= 15 is 0 Å². The molecule has 0 atom stereocenters. The van der Waals surface area contributed by atoms with E-state index in [4.69, 9.17) is 4.42 Å². The van der Waals surface area contributed by atoms with E-state index in [0.717, 1.165) is 19.0 Å². The van der Waals surface area contributed by atoms with Crippen molar-refractivity contribution in [2.45, 2.75) is 32.7 Å². The molecule has 3 rings (SSSR count). The number of aromatic nitrogens is 3. The summed E-state index contributed by atoms with van der Waals surface area (Å²) in [4.78, 5) is 9.02. The summed E-state index contributed by atoms with van der Waals surface area (Å²) in [5.41, 5.74) is 1.27. The van der Waals surface area contributed by atoms with Gasteiger partial charge in [-0.1, -0.05) is 44.2 Å². The fourth-order valence-corrected chi connectivity index (χ4v) is 2.67. The monoisotopic (exact) mass is 366 g/mol. The minimum absolute atomic E-state index is 0.0177. The van der Waals surface area contributed by atoms with Crippen LogP contribution in [0.15, 0.2) is 58.1 Å². The summed E-state index contributed by atoms with van der Waals surface area (Å²) < 4.78 is 5.31. The molecule has 0 aliphatic carbocycles. The van der Waals surface area contributed by atoms with Crippen LogP contribution in [0.25, 0.3) is 11.6 Å². The Morgan fingerprint density at radius 3 is 2.67 bits per heavy atom. The van der Waals surface area contributed by atoms with E-state index < -0.39 is 0 Å². The first-order valence-electron chi connectivity index (χ1n) is 9.11. The van der Waals surface area contributed by atoms with Crippen molar-refractivity contribution in [2.75, 3.05) is 13.1 Å². The van der Waals surface area contributed by atoms with Gasteiger partial charge in [0.25, 0.3) is 0 Å². The van der Waals surface area contributed by atoms with Crippen LogP contribution in [0.1, 0.15) is 32.2 Å². The van der Waals surface area contributed by atoms with Gasteiger partial charge in [-0.15, -0.1) is 5.10 Å². The number of benzene rings is 1. The highest BCUT2D eigenvalue weighted by atomic mass is 16.3. The summed E-state index contributed by atoms with van der Waals surface area (Å²) in [5.74, 6) is 2.60. The molecule has 0 amide bonds. The third-order valence-corrected chi connectivity index (χ3v) is 4.26. The van der Waals surface area contributed by atoms with E-state index in [-0.39, 0.29) is 5.41 Å². The zero-order valence-corrected chi connectivity index (χ0v) is 16.0. The average molecular weight is 366 g/mol. The molecule has 0 saturated heterocycles. The maximum Gasteiger partial charge on any atom is 0.216 e. The minimum Gasteiger partial charge on any atom is -0.461 e. The number of guanidine groups is 1. The number of nitrogens with zero attached hydrogens (tertiary/aromatic N) is 3. The average Bonchev–Trinajstić information content (AvgIpc) is 3.36. The van der Waals surface area contributed by atoms with Crippen LogP contribution in [-0.2, 0) is 12.0 Å². The number of hydrogen-bond acceptors (Lipinski definition) is 4. The lowest BCUT2D eigenvalue weighted by Gasteiger charge is -2.26. The molecular formula is C20H26N6O. The lowest BCUT2D eigenvalue weighted by atomic mass is 9.85. The SMILES string of the molecule is CCNC(=NCc1nc(-c2ccco2)n[nH]1)NCC(C)(C)c1ccccc1. The van der Waals surface area contributed by atoms with Crippen molar-refractivity contribution in [1.29, 1.82) is 0 Å². The molecule has 142 valence electrons. The van der Waals surface area contributed by atoms with Crippen molar-refractivity contribution < 1.29 is 4.42 Å². The maximum absolute atomic E-state index is 5.31. The van der Waals surface area contributed by atoms with Gasteiger partial charge in [-0.3, -0.25) is 5.10 Å². The summed E-state index contributed by atoms with van der Waals surface area (Å²) >= 11 is 0. The van der Waals surface area contributed by atoms with Crippen molar-refractivity contribution in [2.24, 2.45) is 4.99 Å². The largest absolute Gasteiger partial charge is 0.461 e. The fourth-order valence-electron chi connectivity index (χ4n) is 2.67. The number of aromatic amines is 1. The fraction of sp³-hybridized carbons (Fsp3) is 0.350. The Hall–Kier alpha value is -3.09. The highest BCUT2D eigenvalue weighted by Gasteiger charge is 2.20. The van der Waals surface area contributed by atoms with Crippen LogP contribution < -0.4 is 10.6 Å². The van der Waals surface area contributed by atoms with Crippen LogP contribution in [0.4, 0.5) is 0 Å². The zero-order chi connectivity index (χ0) is 19.1. The van der Waals surface area contributed by atoms with Gasteiger partial charge in [0.05, 0.1) is 6.26 Å². The van der Waals surface area contributed by atoms with Crippen molar-refractivity contribution in [3.63, 3.8) is 0 Å². The first-order chi connectivity index (χ1) is 13.1. The number of furan rings is 1. The molecule has 7 nitrogen and oxygen atoms in total. The summed E-state index contributed by atoms with van der Waals surface area (Å²) in [7, 11) is 0. The van der Waals surface area contributed by atoms with E-state index in [2.05, 4.69) is 68.9 Å². The Balaban J connectivity index is 1.63. The molecule has 0 radical (unpaired) electrons. The van der Waals surface area contributed by atoms with Gasteiger partial charge in [0, 0.05) is 18.5 Å². The molecular weight excluding hydrogens is 340 g/mol. The Bertz CT molecular complexity index is 852. The molecule has 0 aliphatic heterocycles. The molecule has 3 aromatic rings. The van der Waals surface area contributed by atoms with Gasteiger partial charge in [-0.05, 0) is 24.6 Å². The predicted molar refractivity (Wildman–Crippen MR) is 106 cm³/mol. The first-order valence-corrected chi connectivity index (χ1v) is 9.11. The van der Waals surface area contributed by atoms with E-state index in [9.17, 15) is 0 Å². The summed E-state index contributed by atoms with van der Waals surface area (Å²) in [6, 6.07) is 14.1. The third-order valence-electron chi connectivity index (χ3n) is 4.26. The van der Waals surface area contributed by atoms with Gasteiger partial charge in [0.15, 0.2) is 11.7 Å². The number of hydrogen-bond donors (Lipinski definition) is 3. The second-order valence-corrected chi connectivity index (χ2v) is 6.88. The first kappa shape index (κ1) is 18.7. The van der Waals surface area contributed by atoms with Crippen molar-refractivity contribution in [1.82, 2.24) is 25.8 Å². The Morgan fingerprint density at radius 1 is 1.15 bits per heavy atom. The number of H-pyrrole nitrogens is 1. The normalized spacial score (nSPS) is 12.2. The molecule has 1 aromatic carbocycles. The Labute approximate surface area is 159 Å². The van der Waals surface area contributed by atoms with Crippen LogP contribution in [-0.4, -0.2) is 34.2 Å². The Morgan fingerprint density at radius 2 is 1.96 bits per heavy atom. The highest BCUT2D eigenvalue weighted by molar-refractivity contribution is 5.79. The van der Waals surface area contributed by atoms with Gasteiger partial charge >= 0.3 is 0 Å². The van der Waals surface area contributed by atoms with E-state index in [1.165, 1.54) is 5.56 Å². The lowest BCUT2D eigenvalue weighted by molar-refractivity contribution is 0.508. The van der Waals surface area contributed by atoms with Crippen molar-refractivity contribution in [3.05, 3.63) is 60.1 Å². The minimum atomic E-state index is -0.0177. The van der Waals surface area contributed by atoms with E-state index in [0.29, 0.717) is 24.0 Å². The molecule has 0 saturated carbocycles. The maximum atomic E-state index is 5.31. The van der Waals surface area contributed by atoms with Gasteiger partial charge in [-0.25, -0.2) is 9.98 Å². The molecule has 0 spiro atoms. The molecule has 3 N–H and O–H groups in total. The molecule has 0 bridgehead atoms. The highest BCUT2D eigenvalue weighted by Crippen LogP contribution is 2.21. The summed E-state index contributed by atoms with van der Waals surface area (Å²) in [6.07, 6.45) is 1.60. The van der Waals surface area contributed by atoms with Gasteiger partial charge in [0.2, 0.25) is 5.82 Å².